The van der Waals surface area contributed by atoms with Crippen LogP contribution in [0.2, 0.25) is 0 Å². The van der Waals surface area contributed by atoms with E-state index in [4.69, 9.17) is 5.11 Å². The summed E-state index contributed by atoms with van der Waals surface area (Å²) in [5.41, 5.74) is 0.752. The van der Waals surface area contributed by atoms with Crippen molar-refractivity contribution in [1.29, 1.82) is 0 Å². The summed E-state index contributed by atoms with van der Waals surface area (Å²) in [7, 11) is 1.81. The SMILES string of the molecule is CC(C)C(C(=O)O)c1cncn1C. The van der Waals surface area contributed by atoms with Crippen LogP contribution in [-0.4, -0.2) is 20.6 Å². The standard InChI is InChI=1S/C9H14N2O2/c1-6(2)8(9(12)13)7-4-10-5-11(7)3/h4-6,8H,1-3H3,(H,12,13). The van der Waals surface area contributed by atoms with Gasteiger partial charge in [0.15, 0.2) is 0 Å². The monoisotopic (exact) mass is 182 g/mol. The zero-order valence-corrected chi connectivity index (χ0v) is 8.06. The summed E-state index contributed by atoms with van der Waals surface area (Å²) in [4.78, 5) is 14.9. The molecule has 0 aromatic carbocycles. The fraction of sp³-hybridized carbons (Fsp3) is 0.556. The Labute approximate surface area is 77.2 Å². The van der Waals surface area contributed by atoms with Gasteiger partial charge in [-0.2, -0.15) is 0 Å². The lowest BCUT2D eigenvalue weighted by Crippen LogP contribution is -2.19. The van der Waals surface area contributed by atoms with Gasteiger partial charge in [0.1, 0.15) is 5.92 Å². The number of aromatic nitrogens is 2. The molecule has 0 saturated heterocycles. The molecule has 4 nitrogen and oxygen atoms in total. The zero-order chi connectivity index (χ0) is 10.0. The maximum Gasteiger partial charge on any atom is 0.312 e. The number of aliphatic carboxylic acids is 1. The van der Waals surface area contributed by atoms with E-state index < -0.39 is 11.9 Å². The van der Waals surface area contributed by atoms with Crippen LogP contribution in [0.1, 0.15) is 25.5 Å². The van der Waals surface area contributed by atoms with Crippen molar-refractivity contribution in [3.05, 3.63) is 18.2 Å². The Hall–Kier alpha value is -1.32. The maximum atomic E-state index is 11.0. The van der Waals surface area contributed by atoms with Gasteiger partial charge >= 0.3 is 5.97 Å². The number of carbonyl (C=O) groups is 1. The van der Waals surface area contributed by atoms with Crippen molar-refractivity contribution in [2.75, 3.05) is 0 Å². The lowest BCUT2D eigenvalue weighted by Gasteiger charge is -2.16. The smallest absolute Gasteiger partial charge is 0.312 e. The second kappa shape index (κ2) is 3.60. The van der Waals surface area contributed by atoms with E-state index in [1.165, 1.54) is 0 Å². The van der Waals surface area contributed by atoms with Gasteiger partial charge in [0.2, 0.25) is 0 Å². The summed E-state index contributed by atoms with van der Waals surface area (Å²) < 4.78 is 1.75. The van der Waals surface area contributed by atoms with E-state index in [1.54, 1.807) is 24.1 Å². The Balaban J connectivity index is 3.02. The molecule has 0 amide bonds. The van der Waals surface area contributed by atoms with Gasteiger partial charge in [-0.25, -0.2) is 4.98 Å². The number of rotatable bonds is 3. The lowest BCUT2D eigenvalue weighted by molar-refractivity contribution is -0.140. The molecule has 0 bridgehead atoms. The van der Waals surface area contributed by atoms with Gasteiger partial charge in [0.05, 0.1) is 12.0 Å². The van der Waals surface area contributed by atoms with E-state index in [9.17, 15) is 4.79 Å². The van der Waals surface area contributed by atoms with Crippen molar-refractivity contribution in [2.45, 2.75) is 19.8 Å². The molecule has 1 unspecified atom stereocenters. The summed E-state index contributed by atoms with van der Waals surface area (Å²) in [6.45, 7) is 3.79. The van der Waals surface area contributed by atoms with Crippen molar-refractivity contribution in [3.63, 3.8) is 0 Å². The van der Waals surface area contributed by atoms with Crippen molar-refractivity contribution >= 4 is 5.97 Å². The van der Waals surface area contributed by atoms with Crippen molar-refractivity contribution in [2.24, 2.45) is 13.0 Å². The van der Waals surface area contributed by atoms with Crippen LogP contribution in [0.25, 0.3) is 0 Å². The highest BCUT2D eigenvalue weighted by atomic mass is 16.4. The van der Waals surface area contributed by atoms with Crippen LogP contribution in [0.4, 0.5) is 0 Å². The van der Waals surface area contributed by atoms with E-state index in [0.717, 1.165) is 5.69 Å². The number of hydrogen-bond acceptors (Lipinski definition) is 2. The molecular weight excluding hydrogens is 168 g/mol. The number of carboxylic acids is 1. The predicted molar refractivity (Wildman–Crippen MR) is 48.4 cm³/mol. The summed E-state index contributed by atoms with van der Waals surface area (Å²) in [6, 6.07) is 0. The summed E-state index contributed by atoms with van der Waals surface area (Å²) in [6.07, 6.45) is 3.23. The van der Waals surface area contributed by atoms with Crippen LogP contribution in [0.3, 0.4) is 0 Å². The van der Waals surface area contributed by atoms with Gasteiger partial charge in [-0.05, 0) is 5.92 Å². The molecule has 1 rings (SSSR count). The second-order valence-electron chi connectivity index (χ2n) is 3.49. The minimum atomic E-state index is -0.793. The fourth-order valence-corrected chi connectivity index (χ4v) is 1.42. The highest BCUT2D eigenvalue weighted by Gasteiger charge is 2.25. The Morgan fingerprint density at radius 2 is 2.23 bits per heavy atom. The minimum absolute atomic E-state index is 0.0768. The molecule has 4 heteroatoms. The number of carboxylic acid groups (broad SMARTS) is 1. The van der Waals surface area contributed by atoms with Crippen molar-refractivity contribution in [3.8, 4) is 0 Å². The van der Waals surface area contributed by atoms with Crippen molar-refractivity contribution in [1.82, 2.24) is 9.55 Å². The number of nitrogens with zero attached hydrogens (tertiary/aromatic N) is 2. The molecular formula is C9H14N2O2. The highest BCUT2D eigenvalue weighted by molar-refractivity contribution is 5.75. The molecule has 1 atom stereocenters. The van der Waals surface area contributed by atoms with Gasteiger partial charge < -0.3 is 9.67 Å². The third kappa shape index (κ3) is 1.88. The molecule has 0 saturated carbocycles. The van der Waals surface area contributed by atoms with E-state index in [1.807, 2.05) is 13.8 Å². The second-order valence-corrected chi connectivity index (χ2v) is 3.49. The molecule has 1 aromatic heterocycles. The van der Waals surface area contributed by atoms with Crippen LogP contribution in [-0.2, 0) is 11.8 Å². The first-order valence-corrected chi connectivity index (χ1v) is 4.23. The Morgan fingerprint density at radius 1 is 1.62 bits per heavy atom. The van der Waals surface area contributed by atoms with Gasteiger partial charge in [-0.1, -0.05) is 13.8 Å². The molecule has 13 heavy (non-hydrogen) atoms. The summed E-state index contributed by atoms with van der Waals surface area (Å²) in [5.74, 6) is -1.18. The summed E-state index contributed by atoms with van der Waals surface area (Å²) >= 11 is 0. The van der Waals surface area contributed by atoms with Gasteiger partial charge in [0, 0.05) is 13.2 Å². The van der Waals surface area contributed by atoms with Crippen LogP contribution in [0, 0.1) is 5.92 Å². The lowest BCUT2D eigenvalue weighted by atomic mass is 9.93. The first-order chi connectivity index (χ1) is 6.04. The Kier molecular flexibility index (Phi) is 2.70. The third-order valence-electron chi connectivity index (χ3n) is 2.11. The highest BCUT2D eigenvalue weighted by Crippen LogP contribution is 2.23. The van der Waals surface area contributed by atoms with Crippen LogP contribution in [0.15, 0.2) is 12.5 Å². The van der Waals surface area contributed by atoms with Gasteiger partial charge in [-0.15, -0.1) is 0 Å². The normalized spacial score (nSPS) is 13.2. The third-order valence-corrected chi connectivity index (χ3v) is 2.11. The molecule has 1 aromatic rings. The number of imidazole rings is 1. The predicted octanol–water partition coefficient (Wildman–Crippen LogP) is 1.24. The summed E-state index contributed by atoms with van der Waals surface area (Å²) in [5, 5.41) is 9.00. The number of hydrogen-bond donors (Lipinski definition) is 1. The quantitative estimate of drug-likeness (QED) is 0.765. The van der Waals surface area contributed by atoms with Crippen LogP contribution < -0.4 is 0 Å². The molecule has 1 heterocycles. The fourth-order valence-electron chi connectivity index (χ4n) is 1.42. The number of aryl methyl sites for hydroxylation is 1. The molecule has 0 radical (unpaired) electrons. The van der Waals surface area contributed by atoms with Gasteiger partial charge in [-0.3, -0.25) is 4.79 Å². The molecule has 72 valence electrons. The Bertz CT molecular complexity index is 304. The maximum absolute atomic E-state index is 11.0. The topological polar surface area (TPSA) is 55.1 Å². The molecule has 1 N–H and O–H groups in total. The molecule has 0 aliphatic carbocycles. The van der Waals surface area contributed by atoms with Crippen molar-refractivity contribution < 1.29 is 9.90 Å². The minimum Gasteiger partial charge on any atom is -0.481 e. The largest absolute Gasteiger partial charge is 0.481 e. The van der Waals surface area contributed by atoms with Crippen LogP contribution >= 0.6 is 0 Å². The molecule has 0 fully saturated rings. The van der Waals surface area contributed by atoms with Crippen LogP contribution in [0.5, 0.6) is 0 Å². The molecule has 0 aliphatic heterocycles. The van der Waals surface area contributed by atoms with E-state index >= 15 is 0 Å². The zero-order valence-electron chi connectivity index (χ0n) is 8.06. The average Bonchev–Trinajstić information content (AvgIpc) is 2.35. The average molecular weight is 182 g/mol. The van der Waals surface area contributed by atoms with E-state index in [2.05, 4.69) is 4.98 Å². The first-order valence-electron chi connectivity index (χ1n) is 4.23. The van der Waals surface area contributed by atoms with Gasteiger partial charge in [0.25, 0.3) is 0 Å². The van der Waals surface area contributed by atoms with E-state index in [-0.39, 0.29) is 5.92 Å². The molecule has 0 aliphatic rings. The van der Waals surface area contributed by atoms with E-state index in [0.29, 0.717) is 0 Å². The molecule has 0 spiro atoms. The first kappa shape index (κ1) is 9.77. The Morgan fingerprint density at radius 3 is 2.54 bits per heavy atom.